The van der Waals surface area contributed by atoms with E-state index in [4.69, 9.17) is 0 Å². The first kappa shape index (κ1) is 21.5. The zero-order chi connectivity index (χ0) is 24.2. The van der Waals surface area contributed by atoms with E-state index >= 15 is 0 Å². The molecule has 2 heterocycles. The third-order valence-electron chi connectivity index (χ3n) is 7.33. The summed E-state index contributed by atoms with van der Waals surface area (Å²) in [5.74, 6) is 0. The van der Waals surface area contributed by atoms with Gasteiger partial charge in [-0.15, -0.1) is 0 Å². The van der Waals surface area contributed by atoms with Gasteiger partial charge in [0.05, 0.1) is 11.0 Å². The minimum absolute atomic E-state index is 0.205. The standard InChI is InChI=1S/C33H30N2/c1-23-11-9-13-25(19-23)34-21-29(27-15-5-7-17-31(27)34)33(3,4)30-22-35(26-14-10-12-24(2)20-26)32-18-8-6-16-28(30)32/h5-22H,1-4H3. The number of hydrogen-bond donors (Lipinski definition) is 0. The van der Waals surface area contributed by atoms with E-state index < -0.39 is 0 Å². The molecule has 4 aromatic carbocycles. The van der Waals surface area contributed by atoms with Crippen LogP contribution < -0.4 is 0 Å². The summed E-state index contributed by atoms with van der Waals surface area (Å²) in [4.78, 5) is 0. The van der Waals surface area contributed by atoms with Crippen LogP contribution in [0.15, 0.2) is 109 Å². The first-order valence-electron chi connectivity index (χ1n) is 12.3. The van der Waals surface area contributed by atoms with Crippen LogP contribution in [0.3, 0.4) is 0 Å². The molecular formula is C33H30N2. The Balaban J connectivity index is 1.60. The van der Waals surface area contributed by atoms with Crippen molar-refractivity contribution in [3.63, 3.8) is 0 Å². The molecule has 0 atom stereocenters. The molecule has 0 bridgehead atoms. The van der Waals surface area contributed by atoms with E-state index in [0.29, 0.717) is 0 Å². The van der Waals surface area contributed by atoms with E-state index in [1.54, 1.807) is 0 Å². The van der Waals surface area contributed by atoms with Crippen LogP contribution in [0.4, 0.5) is 0 Å². The maximum absolute atomic E-state index is 2.36. The lowest BCUT2D eigenvalue weighted by molar-refractivity contribution is 0.650. The van der Waals surface area contributed by atoms with Gasteiger partial charge in [-0.1, -0.05) is 74.5 Å². The van der Waals surface area contributed by atoms with E-state index in [9.17, 15) is 0 Å². The summed E-state index contributed by atoms with van der Waals surface area (Å²) in [7, 11) is 0. The summed E-state index contributed by atoms with van der Waals surface area (Å²) >= 11 is 0. The summed E-state index contributed by atoms with van der Waals surface area (Å²) in [6, 6.07) is 35.0. The van der Waals surface area contributed by atoms with Gasteiger partial charge in [0.15, 0.2) is 0 Å². The van der Waals surface area contributed by atoms with Crippen molar-refractivity contribution in [3.05, 3.63) is 132 Å². The van der Waals surface area contributed by atoms with Crippen molar-refractivity contribution < 1.29 is 0 Å². The molecule has 6 rings (SSSR count). The Morgan fingerprint density at radius 1 is 0.514 bits per heavy atom. The number of aromatic nitrogens is 2. The molecule has 0 fully saturated rings. The van der Waals surface area contributed by atoms with E-state index in [1.807, 2.05) is 0 Å². The van der Waals surface area contributed by atoms with Crippen LogP contribution in [0, 0.1) is 13.8 Å². The lowest BCUT2D eigenvalue weighted by atomic mass is 9.78. The molecule has 0 unspecified atom stereocenters. The summed E-state index contributed by atoms with van der Waals surface area (Å²) in [5, 5.41) is 2.60. The Bertz CT molecular complexity index is 1570. The molecule has 0 saturated heterocycles. The maximum Gasteiger partial charge on any atom is 0.0531 e. The smallest absolute Gasteiger partial charge is 0.0531 e. The average molecular weight is 455 g/mol. The van der Waals surface area contributed by atoms with Crippen molar-refractivity contribution >= 4 is 21.8 Å². The normalized spacial score (nSPS) is 12.0. The number of benzene rings is 4. The highest BCUT2D eigenvalue weighted by Crippen LogP contribution is 2.42. The van der Waals surface area contributed by atoms with Crippen molar-refractivity contribution in [3.8, 4) is 11.4 Å². The Morgan fingerprint density at radius 3 is 1.37 bits per heavy atom. The predicted molar refractivity (Wildman–Crippen MR) is 148 cm³/mol. The second kappa shape index (κ2) is 8.02. The highest BCUT2D eigenvalue weighted by atomic mass is 15.0. The van der Waals surface area contributed by atoms with Crippen LogP contribution >= 0.6 is 0 Å². The monoisotopic (exact) mass is 454 g/mol. The van der Waals surface area contributed by atoms with Crippen LogP contribution in [0.1, 0.15) is 36.1 Å². The Hall–Kier alpha value is -4.04. The quantitative estimate of drug-likeness (QED) is 0.253. The van der Waals surface area contributed by atoms with Crippen molar-refractivity contribution in [2.45, 2.75) is 33.1 Å². The number of nitrogens with zero attached hydrogens (tertiary/aromatic N) is 2. The van der Waals surface area contributed by atoms with Crippen LogP contribution in [0.5, 0.6) is 0 Å². The SMILES string of the molecule is Cc1cccc(-n2cc(C(C)(C)c3cn(-c4cccc(C)c4)c4ccccc34)c3ccccc32)c1. The summed E-state index contributed by atoms with van der Waals surface area (Å²) in [5.41, 5.74) is 9.87. The Kier molecular flexibility index (Phi) is 4.93. The summed E-state index contributed by atoms with van der Waals surface area (Å²) in [6.07, 6.45) is 4.69. The molecule has 35 heavy (non-hydrogen) atoms. The first-order valence-corrected chi connectivity index (χ1v) is 12.3. The predicted octanol–water partition coefficient (Wildman–Crippen LogP) is 8.52. The molecule has 0 aliphatic heterocycles. The third kappa shape index (κ3) is 3.49. The third-order valence-corrected chi connectivity index (χ3v) is 7.33. The van der Waals surface area contributed by atoms with Gasteiger partial charge < -0.3 is 9.13 Å². The number of aryl methyl sites for hydroxylation is 2. The topological polar surface area (TPSA) is 9.86 Å². The number of fused-ring (bicyclic) bond motifs is 2. The van der Waals surface area contributed by atoms with Crippen molar-refractivity contribution in [2.24, 2.45) is 0 Å². The van der Waals surface area contributed by atoms with Crippen LogP contribution in [-0.2, 0) is 5.41 Å². The molecule has 2 aromatic heterocycles. The van der Waals surface area contributed by atoms with E-state index in [0.717, 1.165) is 0 Å². The average Bonchev–Trinajstić information content (AvgIpc) is 3.45. The molecule has 0 aliphatic carbocycles. The lowest BCUT2D eigenvalue weighted by Gasteiger charge is -2.24. The molecule has 2 nitrogen and oxygen atoms in total. The fourth-order valence-corrected chi connectivity index (χ4v) is 5.48. The van der Waals surface area contributed by atoms with Crippen LogP contribution in [0.2, 0.25) is 0 Å². The molecule has 0 saturated carbocycles. The molecule has 0 amide bonds. The fourth-order valence-electron chi connectivity index (χ4n) is 5.48. The van der Waals surface area contributed by atoms with Crippen molar-refractivity contribution in [1.29, 1.82) is 0 Å². The van der Waals surface area contributed by atoms with E-state index in [-0.39, 0.29) is 5.41 Å². The molecule has 0 N–H and O–H groups in total. The Labute approximate surface area is 207 Å². The summed E-state index contributed by atoms with van der Waals surface area (Å²) < 4.78 is 4.69. The second-order valence-electron chi connectivity index (χ2n) is 10.2. The van der Waals surface area contributed by atoms with Gasteiger partial charge in [-0.25, -0.2) is 0 Å². The Morgan fingerprint density at radius 2 is 0.943 bits per heavy atom. The number of hydrogen-bond acceptors (Lipinski definition) is 0. The van der Waals surface area contributed by atoms with Gasteiger partial charge in [0.25, 0.3) is 0 Å². The van der Waals surface area contributed by atoms with Gasteiger partial charge in [-0.2, -0.15) is 0 Å². The first-order chi connectivity index (χ1) is 16.9. The second-order valence-corrected chi connectivity index (χ2v) is 10.2. The zero-order valence-electron chi connectivity index (χ0n) is 20.8. The minimum Gasteiger partial charge on any atom is -0.316 e. The van der Waals surface area contributed by atoms with Crippen LogP contribution in [-0.4, -0.2) is 9.13 Å². The van der Waals surface area contributed by atoms with Gasteiger partial charge in [-0.3, -0.25) is 0 Å². The minimum atomic E-state index is -0.205. The van der Waals surface area contributed by atoms with E-state index in [2.05, 4.69) is 146 Å². The highest BCUT2D eigenvalue weighted by molar-refractivity contribution is 5.91. The molecule has 6 aromatic rings. The molecule has 172 valence electrons. The van der Waals surface area contributed by atoms with Gasteiger partial charge in [0.2, 0.25) is 0 Å². The molecular weight excluding hydrogens is 424 g/mol. The maximum atomic E-state index is 2.36. The largest absolute Gasteiger partial charge is 0.316 e. The van der Waals surface area contributed by atoms with E-state index in [1.165, 1.54) is 55.4 Å². The number of para-hydroxylation sites is 2. The number of rotatable bonds is 4. The summed E-state index contributed by atoms with van der Waals surface area (Å²) in [6.45, 7) is 9.02. The van der Waals surface area contributed by atoms with Gasteiger partial charge in [0, 0.05) is 40.0 Å². The molecule has 0 aliphatic rings. The highest BCUT2D eigenvalue weighted by Gasteiger charge is 2.31. The zero-order valence-corrected chi connectivity index (χ0v) is 20.8. The van der Waals surface area contributed by atoms with Gasteiger partial charge in [0.1, 0.15) is 0 Å². The lowest BCUT2D eigenvalue weighted by Crippen LogP contribution is -2.18. The molecule has 0 spiro atoms. The molecule has 0 radical (unpaired) electrons. The van der Waals surface area contributed by atoms with Crippen molar-refractivity contribution in [1.82, 2.24) is 9.13 Å². The fraction of sp³-hybridized carbons (Fsp3) is 0.152. The van der Waals surface area contributed by atoms with Gasteiger partial charge >= 0.3 is 0 Å². The van der Waals surface area contributed by atoms with Crippen LogP contribution in [0.25, 0.3) is 33.2 Å². The van der Waals surface area contributed by atoms with Crippen molar-refractivity contribution in [2.75, 3.05) is 0 Å². The molecule has 2 heteroatoms. The van der Waals surface area contributed by atoms with Gasteiger partial charge in [-0.05, 0) is 72.5 Å².